The number of benzene rings is 2. The summed E-state index contributed by atoms with van der Waals surface area (Å²) in [5.74, 6) is -0.197. The molecule has 1 atom stereocenters. The van der Waals surface area contributed by atoms with E-state index in [2.05, 4.69) is 45.3 Å². The number of aromatic amines is 1. The van der Waals surface area contributed by atoms with E-state index in [1.54, 1.807) is 12.1 Å². The number of rotatable bonds is 5. The fraction of sp³-hybridized carbons (Fsp3) is 0.364. The van der Waals surface area contributed by atoms with Crippen molar-refractivity contribution in [1.29, 1.82) is 0 Å². The average molecular weight is 415 g/mol. The van der Waals surface area contributed by atoms with Gasteiger partial charge in [-0.05, 0) is 57.2 Å². The molecule has 1 unspecified atom stereocenters. The molecule has 2 heterocycles. The van der Waals surface area contributed by atoms with Crippen molar-refractivity contribution in [3.63, 3.8) is 0 Å². The predicted molar refractivity (Wildman–Crippen MR) is 110 cm³/mol. The summed E-state index contributed by atoms with van der Waals surface area (Å²) in [6.07, 6.45) is 6.09. The first kappa shape index (κ1) is 17.7. The van der Waals surface area contributed by atoms with E-state index >= 15 is 0 Å². The lowest BCUT2D eigenvalue weighted by molar-refractivity contribution is 0.432. The monoisotopic (exact) mass is 414 g/mol. The summed E-state index contributed by atoms with van der Waals surface area (Å²) in [5, 5.41) is 4.92. The standard InChI is InChI=1S/C22H24BrFN2/c1-2-3-4-8-16-12-20-18(13-25-16)21-17(9-10-19(23)22(21)26-20)14-6-5-7-15(24)11-14/h5-7,9-11,16,25-26H,2-4,8,12-13H2,1H3. The summed E-state index contributed by atoms with van der Waals surface area (Å²) < 4.78 is 14.8. The molecule has 0 amide bonds. The second-order valence-electron chi connectivity index (χ2n) is 7.22. The molecule has 4 heteroatoms. The number of halogens is 2. The van der Waals surface area contributed by atoms with Gasteiger partial charge in [-0.3, -0.25) is 0 Å². The van der Waals surface area contributed by atoms with Crippen molar-refractivity contribution in [3.05, 3.63) is 57.9 Å². The highest BCUT2D eigenvalue weighted by atomic mass is 79.9. The third-order valence-electron chi connectivity index (χ3n) is 5.41. The number of nitrogens with one attached hydrogen (secondary N) is 2. The van der Waals surface area contributed by atoms with Crippen LogP contribution in [0.1, 0.15) is 43.9 Å². The Morgan fingerprint density at radius 2 is 2.08 bits per heavy atom. The largest absolute Gasteiger partial charge is 0.357 e. The Balaban J connectivity index is 1.75. The second kappa shape index (κ2) is 7.53. The first-order chi connectivity index (χ1) is 12.7. The predicted octanol–water partition coefficient (Wildman–Crippen LogP) is 6.33. The number of H-pyrrole nitrogens is 1. The van der Waals surface area contributed by atoms with Crippen LogP contribution in [0.4, 0.5) is 4.39 Å². The number of unbranched alkanes of at least 4 members (excludes halogenated alkanes) is 2. The van der Waals surface area contributed by atoms with E-state index in [-0.39, 0.29) is 5.82 Å². The smallest absolute Gasteiger partial charge is 0.123 e. The summed E-state index contributed by atoms with van der Waals surface area (Å²) in [6.45, 7) is 3.11. The summed E-state index contributed by atoms with van der Waals surface area (Å²) in [6, 6.07) is 11.5. The van der Waals surface area contributed by atoms with Crippen LogP contribution in [0.3, 0.4) is 0 Å². The van der Waals surface area contributed by atoms with Gasteiger partial charge in [-0.1, -0.05) is 44.4 Å². The Bertz CT molecular complexity index is 931. The van der Waals surface area contributed by atoms with E-state index in [4.69, 9.17) is 0 Å². The van der Waals surface area contributed by atoms with Crippen LogP contribution in [-0.2, 0) is 13.0 Å². The molecule has 1 aliphatic rings. The molecule has 1 aromatic heterocycles. The molecular formula is C22H24BrFN2. The van der Waals surface area contributed by atoms with Crippen molar-refractivity contribution in [3.8, 4) is 11.1 Å². The fourth-order valence-electron chi connectivity index (χ4n) is 4.07. The topological polar surface area (TPSA) is 27.8 Å². The molecule has 2 aromatic carbocycles. The van der Waals surface area contributed by atoms with Crippen molar-refractivity contribution in [2.24, 2.45) is 0 Å². The number of hydrogen-bond acceptors (Lipinski definition) is 1. The first-order valence-corrected chi connectivity index (χ1v) is 10.3. The number of hydrogen-bond donors (Lipinski definition) is 2. The van der Waals surface area contributed by atoms with Crippen LogP contribution < -0.4 is 5.32 Å². The molecule has 0 spiro atoms. The SMILES string of the molecule is CCCCCC1Cc2[nH]c3c(Br)ccc(-c4cccc(F)c4)c3c2CN1. The van der Waals surface area contributed by atoms with Gasteiger partial charge in [0.15, 0.2) is 0 Å². The maximum atomic E-state index is 13.8. The lowest BCUT2D eigenvalue weighted by Crippen LogP contribution is -2.35. The van der Waals surface area contributed by atoms with Gasteiger partial charge in [0.25, 0.3) is 0 Å². The summed E-state index contributed by atoms with van der Waals surface area (Å²) in [7, 11) is 0. The second-order valence-corrected chi connectivity index (χ2v) is 8.07. The Labute approximate surface area is 162 Å². The van der Waals surface area contributed by atoms with Gasteiger partial charge in [-0.2, -0.15) is 0 Å². The molecule has 0 fully saturated rings. The molecule has 0 bridgehead atoms. The van der Waals surface area contributed by atoms with Gasteiger partial charge in [0.2, 0.25) is 0 Å². The highest BCUT2D eigenvalue weighted by Crippen LogP contribution is 2.38. The van der Waals surface area contributed by atoms with Crippen LogP contribution in [0.2, 0.25) is 0 Å². The summed E-state index contributed by atoms with van der Waals surface area (Å²) >= 11 is 3.69. The van der Waals surface area contributed by atoms with Crippen LogP contribution in [-0.4, -0.2) is 11.0 Å². The molecule has 3 aromatic rings. The van der Waals surface area contributed by atoms with Crippen molar-refractivity contribution in [2.75, 3.05) is 0 Å². The molecule has 0 aliphatic carbocycles. The number of aromatic nitrogens is 1. The van der Waals surface area contributed by atoms with Crippen LogP contribution in [0.5, 0.6) is 0 Å². The minimum Gasteiger partial charge on any atom is -0.357 e. The van der Waals surface area contributed by atoms with Gasteiger partial charge in [0.05, 0.1) is 5.52 Å². The van der Waals surface area contributed by atoms with E-state index in [9.17, 15) is 4.39 Å². The minimum atomic E-state index is -0.197. The molecule has 2 nitrogen and oxygen atoms in total. The highest BCUT2D eigenvalue weighted by Gasteiger charge is 2.24. The van der Waals surface area contributed by atoms with Crippen molar-refractivity contribution in [2.45, 2.75) is 51.6 Å². The van der Waals surface area contributed by atoms with E-state index in [1.165, 1.54) is 48.4 Å². The zero-order valence-corrected chi connectivity index (χ0v) is 16.6. The lowest BCUT2D eigenvalue weighted by Gasteiger charge is -2.24. The van der Waals surface area contributed by atoms with E-state index in [0.29, 0.717) is 6.04 Å². The van der Waals surface area contributed by atoms with Crippen molar-refractivity contribution in [1.82, 2.24) is 10.3 Å². The highest BCUT2D eigenvalue weighted by molar-refractivity contribution is 9.10. The van der Waals surface area contributed by atoms with Crippen molar-refractivity contribution < 1.29 is 4.39 Å². The quantitative estimate of drug-likeness (QED) is 0.468. The molecule has 2 N–H and O–H groups in total. The fourth-order valence-corrected chi connectivity index (χ4v) is 4.50. The Morgan fingerprint density at radius 1 is 1.19 bits per heavy atom. The third kappa shape index (κ3) is 3.33. The normalized spacial score (nSPS) is 16.8. The Morgan fingerprint density at radius 3 is 2.88 bits per heavy atom. The van der Waals surface area contributed by atoms with E-state index in [1.807, 2.05) is 6.07 Å². The van der Waals surface area contributed by atoms with Gasteiger partial charge < -0.3 is 10.3 Å². The first-order valence-electron chi connectivity index (χ1n) is 9.48. The Kier molecular flexibility index (Phi) is 5.14. The molecule has 0 radical (unpaired) electrons. The van der Waals surface area contributed by atoms with Crippen LogP contribution >= 0.6 is 15.9 Å². The van der Waals surface area contributed by atoms with Crippen LogP contribution in [0.15, 0.2) is 40.9 Å². The van der Waals surface area contributed by atoms with Crippen LogP contribution in [0.25, 0.3) is 22.0 Å². The summed E-state index contributed by atoms with van der Waals surface area (Å²) in [5.41, 5.74) is 5.78. The minimum absolute atomic E-state index is 0.197. The molecule has 0 saturated heterocycles. The third-order valence-corrected chi connectivity index (χ3v) is 6.07. The van der Waals surface area contributed by atoms with Gasteiger partial charge in [0, 0.05) is 34.6 Å². The van der Waals surface area contributed by atoms with E-state index < -0.39 is 0 Å². The summed E-state index contributed by atoms with van der Waals surface area (Å²) in [4.78, 5) is 3.65. The average Bonchev–Trinajstić information content (AvgIpc) is 3.02. The molecule has 1 aliphatic heterocycles. The van der Waals surface area contributed by atoms with E-state index in [0.717, 1.165) is 34.1 Å². The van der Waals surface area contributed by atoms with Gasteiger partial charge in [0.1, 0.15) is 5.82 Å². The molecule has 4 rings (SSSR count). The Hall–Kier alpha value is -1.65. The molecule has 136 valence electrons. The van der Waals surface area contributed by atoms with Gasteiger partial charge >= 0.3 is 0 Å². The molecule has 26 heavy (non-hydrogen) atoms. The van der Waals surface area contributed by atoms with Gasteiger partial charge in [-0.15, -0.1) is 0 Å². The molecular weight excluding hydrogens is 391 g/mol. The molecule has 0 saturated carbocycles. The zero-order chi connectivity index (χ0) is 18.1. The maximum absolute atomic E-state index is 13.8. The van der Waals surface area contributed by atoms with Crippen LogP contribution in [0, 0.1) is 5.82 Å². The zero-order valence-electron chi connectivity index (χ0n) is 15.0. The maximum Gasteiger partial charge on any atom is 0.123 e. The van der Waals surface area contributed by atoms with Gasteiger partial charge in [-0.25, -0.2) is 4.39 Å². The number of fused-ring (bicyclic) bond motifs is 3. The van der Waals surface area contributed by atoms with Crippen molar-refractivity contribution >= 4 is 26.8 Å². The lowest BCUT2D eigenvalue weighted by atomic mass is 9.93.